The summed E-state index contributed by atoms with van der Waals surface area (Å²) in [6.45, 7) is 6.39. The van der Waals surface area contributed by atoms with Crippen molar-refractivity contribution < 1.29 is 28.6 Å². The van der Waals surface area contributed by atoms with Gasteiger partial charge in [-0.05, 0) is 77.0 Å². The van der Waals surface area contributed by atoms with E-state index in [-0.39, 0.29) is 31.1 Å². The summed E-state index contributed by atoms with van der Waals surface area (Å²) in [6.07, 6.45) is 46.9. The maximum Gasteiger partial charge on any atom is 0.306 e. The predicted octanol–water partition coefficient (Wildman–Crippen LogP) is 13.6. The van der Waals surface area contributed by atoms with Crippen LogP contribution in [0.15, 0.2) is 48.6 Å². The molecule has 1 atom stereocenters. The van der Waals surface area contributed by atoms with Crippen LogP contribution in [0.3, 0.4) is 0 Å². The van der Waals surface area contributed by atoms with Gasteiger partial charge in [0.05, 0.1) is 0 Å². The van der Waals surface area contributed by atoms with E-state index in [9.17, 15) is 14.4 Å². The molecule has 0 N–H and O–H groups in total. The second-order valence-corrected chi connectivity index (χ2v) is 14.2. The van der Waals surface area contributed by atoms with Crippen molar-refractivity contribution in [3.05, 3.63) is 48.6 Å². The lowest BCUT2D eigenvalue weighted by molar-refractivity contribution is -0.167. The number of esters is 3. The van der Waals surface area contributed by atoms with Gasteiger partial charge in [-0.3, -0.25) is 14.4 Å². The molecular formula is C46H80O6. The van der Waals surface area contributed by atoms with Crippen molar-refractivity contribution in [1.29, 1.82) is 0 Å². The topological polar surface area (TPSA) is 78.9 Å². The number of allylic oxidation sites excluding steroid dienone is 8. The smallest absolute Gasteiger partial charge is 0.306 e. The Bertz CT molecular complexity index is 933. The average molecular weight is 729 g/mol. The van der Waals surface area contributed by atoms with Crippen LogP contribution in [0, 0.1) is 0 Å². The fourth-order valence-electron chi connectivity index (χ4n) is 5.80. The molecule has 0 saturated carbocycles. The summed E-state index contributed by atoms with van der Waals surface area (Å²) in [6, 6.07) is 0. The number of ether oxygens (including phenoxy) is 3. The van der Waals surface area contributed by atoms with Crippen LogP contribution in [-0.2, 0) is 28.6 Å². The SMILES string of the molecule is CC/C=C\C/C=C\C/C=C\CCCCCCCC(=O)OCC(COC(=O)CCCCCCC)OC(=O)CCCCCCC/C=C\CCCCCCC. The highest BCUT2D eigenvalue weighted by Gasteiger charge is 2.19. The van der Waals surface area contributed by atoms with Gasteiger partial charge in [0, 0.05) is 19.3 Å². The highest BCUT2D eigenvalue weighted by molar-refractivity contribution is 5.71. The van der Waals surface area contributed by atoms with Gasteiger partial charge >= 0.3 is 17.9 Å². The third kappa shape index (κ3) is 38.6. The van der Waals surface area contributed by atoms with Gasteiger partial charge in [0.25, 0.3) is 0 Å². The summed E-state index contributed by atoms with van der Waals surface area (Å²) in [7, 11) is 0. The van der Waals surface area contributed by atoms with E-state index in [0.29, 0.717) is 19.3 Å². The summed E-state index contributed by atoms with van der Waals surface area (Å²) in [4.78, 5) is 37.4. The second kappa shape index (κ2) is 41.1. The standard InChI is InChI=1S/C46H80O6/c1-4-7-10-13-15-17-19-21-23-25-26-28-30-33-36-39-45(48)51-42-43(41-50-44(47)38-35-32-12-9-6-3)52-46(49)40-37-34-31-29-27-24-22-20-18-16-14-11-8-5-2/h7,10,15,17,20-23,43H,4-6,8-9,11-14,16,18-19,24-42H2,1-3H3/b10-7-,17-15-,22-20-,23-21-. The zero-order chi connectivity index (χ0) is 38.0. The molecule has 0 aliphatic carbocycles. The van der Waals surface area contributed by atoms with Crippen molar-refractivity contribution in [2.45, 2.75) is 213 Å². The highest BCUT2D eigenvalue weighted by Crippen LogP contribution is 2.13. The average Bonchev–Trinajstić information content (AvgIpc) is 3.14. The van der Waals surface area contributed by atoms with Gasteiger partial charge in [0.2, 0.25) is 0 Å². The van der Waals surface area contributed by atoms with Crippen molar-refractivity contribution in [3.8, 4) is 0 Å². The van der Waals surface area contributed by atoms with Crippen molar-refractivity contribution in [2.75, 3.05) is 13.2 Å². The Kier molecular flexibility index (Phi) is 39.1. The molecule has 0 heterocycles. The Labute approximate surface area is 320 Å². The van der Waals surface area contributed by atoms with Crippen LogP contribution in [0.25, 0.3) is 0 Å². The fraction of sp³-hybridized carbons (Fsp3) is 0.761. The van der Waals surface area contributed by atoms with Crippen LogP contribution in [0.5, 0.6) is 0 Å². The zero-order valence-corrected chi connectivity index (χ0v) is 34.1. The van der Waals surface area contributed by atoms with Gasteiger partial charge in [0.15, 0.2) is 6.10 Å². The Balaban J connectivity index is 4.29. The van der Waals surface area contributed by atoms with Gasteiger partial charge in [-0.15, -0.1) is 0 Å². The number of carbonyl (C=O) groups is 3. The van der Waals surface area contributed by atoms with E-state index in [0.717, 1.165) is 116 Å². The van der Waals surface area contributed by atoms with Crippen molar-refractivity contribution >= 4 is 17.9 Å². The van der Waals surface area contributed by atoms with Gasteiger partial charge < -0.3 is 14.2 Å². The summed E-state index contributed by atoms with van der Waals surface area (Å²) in [5.74, 6) is -0.926. The third-order valence-electron chi connectivity index (χ3n) is 9.07. The zero-order valence-electron chi connectivity index (χ0n) is 34.1. The lowest BCUT2D eigenvalue weighted by Gasteiger charge is -2.18. The molecule has 0 aromatic heterocycles. The molecule has 52 heavy (non-hydrogen) atoms. The number of unbranched alkanes of at least 4 members (excludes halogenated alkanes) is 19. The van der Waals surface area contributed by atoms with E-state index >= 15 is 0 Å². The third-order valence-corrected chi connectivity index (χ3v) is 9.07. The minimum absolute atomic E-state index is 0.0832. The maximum absolute atomic E-state index is 12.6. The molecule has 0 aromatic carbocycles. The van der Waals surface area contributed by atoms with Gasteiger partial charge in [0.1, 0.15) is 13.2 Å². The lowest BCUT2D eigenvalue weighted by Crippen LogP contribution is -2.30. The molecule has 0 rings (SSSR count). The van der Waals surface area contributed by atoms with E-state index in [1.54, 1.807) is 0 Å². The molecule has 0 radical (unpaired) electrons. The normalized spacial score (nSPS) is 12.4. The molecular weight excluding hydrogens is 648 g/mol. The first kappa shape index (κ1) is 49.4. The van der Waals surface area contributed by atoms with Crippen LogP contribution in [-0.4, -0.2) is 37.2 Å². The lowest BCUT2D eigenvalue weighted by atomic mass is 10.1. The highest BCUT2D eigenvalue weighted by atomic mass is 16.6. The van der Waals surface area contributed by atoms with Crippen LogP contribution >= 0.6 is 0 Å². The predicted molar refractivity (Wildman–Crippen MR) is 219 cm³/mol. The molecule has 1 unspecified atom stereocenters. The molecule has 0 spiro atoms. The van der Waals surface area contributed by atoms with E-state index in [1.165, 1.54) is 51.4 Å². The Hall–Kier alpha value is -2.63. The first-order valence-corrected chi connectivity index (χ1v) is 21.6. The number of hydrogen-bond donors (Lipinski definition) is 0. The van der Waals surface area contributed by atoms with Crippen LogP contribution < -0.4 is 0 Å². The number of hydrogen-bond acceptors (Lipinski definition) is 6. The van der Waals surface area contributed by atoms with E-state index in [4.69, 9.17) is 14.2 Å². The van der Waals surface area contributed by atoms with Crippen molar-refractivity contribution in [2.24, 2.45) is 0 Å². The summed E-state index contributed by atoms with van der Waals surface area (Å²) in [5.41, 5.74) is 0. The summed E-state index contributed by atoms with van der Waals surface area (Å²) in [5, 5.41) is 0. The van der Waals surface area contributed by atoms with Gasteiger partial charge in [-0.25, -0.2) is 0 Å². The van der Waals surface area contributed by atoms with Crippen molar-refractivity contribution in [3.63, 3.8) is 0 Å². The summed E-state index contributed by atoms with van der Waals surface area (Å²) >= 11 is 0. The molecule has 0 amide bonds. The monoisotopic (exact) mass is 729 g/mol. The van der Waals surface area contributed by atoms with Crippen molar-refractivity contribution in [1.82, 2.24) is 0 Å². The number of carbonyl (C=O) groups excluding carboxylic acids is 3. The molecule has 0 saturated heterocycles. The first-order chi connectivity index (χ1) is 25.5. The Morgan fingerprint density at radius 3 is 1.19 bits per heavy atom. The van der Waals surface area contributed by atoms with Gasteiger partial charge in [-0.1, -0.05) is 159 Å². The minimum atomic E-state index is -0.777. The van der Waals surface area contributed by atoms with Crippen LogP contribution in [0.2, 0.25) is 0 Å². The molecule has 0 aromatic rings. The number of rotatable bonds is 38. The molecule has 0 fully saturated rings. The van der Waals surface area contributed by atoms with Crippen LogP contribution in [0.1, 0.15) is 207 Å². The Morgan fingerprint density at radius 1 is 0.404 bits per heavy atom. The molecule has 0 aliphatic heterocycles. The van der Waals surface area contributed by atoms with Gasteiger partial charge in [-0.2, -0.15) is 0 Å². The fourth-order valence-corrected chi connectivity index (χ4v) is 5.80. The quantitative estimate of drug-likeness (QED) is 0.0272. The largest absolute Gasteiger partial charge is 0.462 e. The second-order valence-electron chi connectivity index (χ2n) is 14.2. The Morgan fingerprint density at radius 2 is 0.750 bits per heavy atom. The van der Waals surface area contributed by atoms with Crippen LogP contribution in [0.4, 0.5) is 0 Å². The molecule has 0 bridgehead atoms. The first-order valence-electron chi connectivity index (χ1n) is 21.6. The molecule has 6 heteroatoms. The molecule has 6 nitrogen and oxygen atoms in total. The minimum Gasteiger partial charge on any atom is -0.462 e. The van der Waals surface area contributed by atoms with E-state index in [2.05, 4.69) is 69.4 Å². The molecule has 300 valence electrons. The summed E-state index contributed by atoms with van der Waals surface area (Å²) < 4.78 is 16.6. The van der Waals surface area contributed by atoms with E-state index in [1.807, 2.05) is 0 Å². The molecule has 0 aliphatic rings. The van der Waals surface area contributed by atoms with E-state index < -0.39 is 6.10 Å². The maximum atomic E-state index is 12.6.